The van der Waals surface area contributed by atoms with Crippen LogP contribution in [-0.4, -0.2) is 193 Å². The molecular weight excluding hydrogens is 1150 g/mol. The number of carbonyl (C=O) groups is 1. The normalized spacial score (nSPS) is 28.1. The van der Waals surface area contributed by atoms with Gasteiger partial charge in [-0.05, 0) is 44.9 Å². The average molecular weight is 1290 g/mol. The van der Waals surface area contributed by atoms with E-state index < -0.39 is 124 Å². The average Bonchev–Trinajstić information content (AvgIpc) is 1.63. The van der Waals surface area contributed by atoms with Crippen molar-refractivity contribution in [1.29, 1.82) is 0 Å². The highest BCUT2D eigenvalue weighted by Crippen LogP contribution is 2.33. The van der Waals surface area contributed by atoms with Crippen molar-refractivity contribution in [3.8, 4) is 0 Å². The second-order valence-corrected chi connectivity index (χ2v) is 26.4. The molecule has 0 saturated carbocycles. The van der Waals surface area contributed by atoms with Crippen molar-refractivity contribution in [2.45, 2.75) is 394 Å². The van der Waals surface area contributed by atoms with E-state index in [0.717, 1.165) is 44.9 Å². The molecule has 0 spiro atoms. The summed E-state index contributed by atoms with van der Waals surface area (Å²) in [6.07, 6.45) is 35.7. The molecule has 0 aromatic rings. The summed E-state index contributed by atoms with van der Waals surface area (Å²) in [7, 11) is 0. The van der Waals surface area contributed by atoms with Crippen LogP contribution in [0.3, 0.4) is 0 Å². The molecule has 12 N–H and O–H groups in total. The Hall–Kier alpha value is -1.73. The van der Waals surface area contributed by atoms with E-state index in [2.05, 4.69) is 43.5 Å². The molecule has 3 aliphatic rings. The summed E-state index contributed by atoms with van der Waals surface area (Å²) in [5.74, 6) is -0.247. The Balaban J connectivity index is 1.18. The summed E-state index contributed by atoms with van der Waals surface area (Å²) < 4.78 is 34.1. The largest absolute Gasteiger partial charge is 0.394 e. The second kappa shape index (κ2) is 53.4. The fraction of sp³-hybridized carbons (Fsp3) is 0.930. The minimum Gasteiger partial charge on any atom is -0.394 e. The SMILES string of the molecule is CCCCCCC/C=C\C/C=C\CCCCCCCCCCCCCCCCCCCCCCCCCCCCCCCC(=O)NC(COC1OC(CO)C(OC2OC(CO)C(OC3OC(CO)C(O)C(O)C3O)C(O)C2O)C(O)C1O)C(O)CCCCCC. The molecule has 3 rings (SSSR count). The van der Waals surface area contributed by atoms with Crippen molar-refractivity contribution in [3.63, 3.8) is 0 Å². The van der Waals surface area contributed by atoms with Gasteiger partial charge in [-0.25, -0.2) is 0 Å². The van der Waals surface area contributed by atoms with Gasteiger partial charge >= 0.3 is 0 Å². The zero-order valence-electron chi connectivity index (χ0n) is 56.1. The minimum absolute atomic E-state index is 0.247. The first-order chi connectivity index (χ1) is 43.8. The van der Waals surface area contributed by atoms with E-state index in [4.69, 9.17) is 28.4 Å². The number of hydrogen-bond acceptors (Lipinski definition) is 18. The maximum Gasteiger partial charge on any atom is 0.220 e. The van der Waals surface area contributed by atoms with Gasteiger partial charge in [0.15, 0.2) is 18.9 Å². The van der Waals surface area contributed by atoms with Crippen LogP contribution >= 0.6 is 0 Å². The van der Waals surface area contributed by atoms with Crippen LogP contribution in [0.1, 0.15) is 290 Å². The zero-order valence-corrected chi connectivity index (χ0v) is 56.1. The van der Waals surface area contributed by atoms with Crippen molar-refractivity contribution in [2.24, 2.45) is 0 Å². The highest BCUT2D eigenvalue weighted by atomic mass is 16.8. The summed E-state index contributed by atoms with van der Waals surface area (Å²) in [5.41, 5.74) is 0. The Labute approximate surface area is 543 Å². The van der Waals surface area contributed by atoms with Gasteiger partial charge in [-0.1, -0.05) is 263 Å². The van der Waals surface area contributed by atoms with Gasteiger partial charge in [-0.15, -0.1) is 0 Å². The summed E-state index contributed by atoms with van der Waals surface area (Å²) in [4.78, 5) is 13.2. The third-order valence-electron chi connectivity index (χ3n) is 18.5. The highest BCUT2D eigenvalue weighted by Gasteiger charge is 2.53. The lowest BCUT2D eigenvalue weighted by molar-refractivity contribution is -0.379. The van der Waals surface area contributed by atoms with Gasteiger partial charge in [-0.2, -0.15) is 0 Å². The molecule has 0 radical (unpaired) electrons. The fourth-order valence-electron chi connectivity index (χ4n) is 12.6. The first-order valence-electron chi connectivity index (χ1n) is 36.6. The van der Waals surface area contributed by atoms with Crippen LogP contribution in [0.5, 0.6) is 0 Å². The summed E-state index contributed by atoms with van der Waals surface area (Å²) >= 11 is 0. The first-order valence-corrected chi connectivity index (χ1v) is 36.6. The Morgan fingerprint density at radius 3 is 1.13 bits per heavy atom. The van der Waals surface area contributed by atoms with Crippen molar-refractivity contribution >= 4 is 5.91 Å². The number of aliphatic hydroxyl groups excluding tert-OH is 11. The molecular formula is C71H133NO18. The lowest BCUT2D eigenvalue weighted by Crippen LogP contribution is -2.66. The number of allylic oxidation sites excluding steroid dienone is 4. The van der Waals surface area contributed by atoms with Crippen LogP contribution in [0.2, 0.25) is 0 Å². The standard InChI is InChI=1S/C71H133NO18/c1-3-5-7-9-10-11-12-13-14-15-16-17-18-19-20-21-22-23-24-25-26-27-28-29-30-31-32-33-34-35-36-37-38-39-40-41-42-43-44-45-47-49-59(77)72-54(55(76)48-46-8-6-4-2)53-85-69-65(83)62(80)67(57(51-74)87-69)90-71-66(84)63(81)68(58(52-75)88-71)89-70-64(82)61(79)60(78)56(50-73)86-70/h12-13,15-16,54-58,60-71,73-76,78-84H,3-11,14,17-53H2,1-2H3,(H,72,77)/b13-12-,16-15-. The van der Waals surface area contributed by atoms with Gasteiger partial charge in [0.2, 0.25) is 5.91 Å². The van der Waals surface area contributed by atoms with Crippen molar-refractivity contribution in [3.05, 3.63) is 24.3 Å². The summed E-state index contributed by atoms with van der Waals surface area (Å²) in [6.45, 7) is 1.66. The monoisotopic (exact) mass is 1290 g/mol. The third kappa shape index (κ3) is 34.8. The van der Waals surface area contributed by atoms with Crippen molar-refractivity contribution < 1.29 is 89.4 Å². The molecule has 0 bridgehead atoms. The van der Waals surface area contributed by atoms with Crippen molar-refractivity contribution in [1.82, 2.24) is 5.32 Å². The lowest BCUT2D eigenvalue weighted by Gasteiger charge is -2.48. The van der Waals surface area contributed by atoms with Crippen LogP contribution in [0.15, 0.2) is 24.3 Å². The molecule has 90 heavy (non-hydrogen) atoms. The molecule has 19 heteroatoms. The number of amides is 1. The van der Waals surface area contributed by atoms with Crippen LogP contribution in [-0.2, 0) is 33.2 Å². The molecule has 3 fully saturated rings. The zero-order chi connectivity index (χ0) is 65.4. The third-order valence-corrected chi connectivity index (χ3v) is 18.5. The predicted molar refractivity (Wildman–Crippen MR) is 351 cm³/mol. The summed E-state index contributed by atoms with van der Waals surface area (Å²) in [6, 6.07) is -0.879. The number of ether oxygens (including phenoxy) is 6. The number of aliphatic hydroxyl groups is 11. The van der Waals surface area contributed by atoms with Crippen LogP contribution in [0.4, 0.5) is 0 Å². The molecule has 17 atom stereocenters. The number of unbranched alkanes of at least 4 members (excludes halogenated alkanes) is 37. The molecule has 19 nitrogen and oxygen atoms in total. The minimum atomic E-state index is -1.97. The molecule has 3 aliphatic heterocycles. The Morgan fingerprint density at radius 2 is 0.733 bits per heavy atom. The molecule has 0 aromatic heterocycles. The number of rotatable bonds is 57. The van der Waals surface area contributed by atoms with Crippen LogP contribution < -0.4 is 5.32 Å². The van der Waals surface area contributed by atoms with E-state index in [-0.39, 0.29) is 18.9 Å². The first kappa shape index (κ1) is 82.5. The number of hydrogen-bond donors (Lipinski definition) is 12. The van der Waals surface area contributed by atoms with Gasteiger partial charge < -0.3 is 89.9 Å². The topological polar surface area (TPSA) is 307 Å². The Morgan fingerprint density at radius 1 is 0.400 bits per heavy atom. The lowest BCUT2D eigenvalue weighted by atomic mass is 9.96. The maximum absolute atomic E-state index is 13.2. The molecule has 3 saturated heterocycles. The fourth-order valence-corrected chi connectivity index (χ4v) is 12.6. The van der Waals surface area contributed by atoms with E-state index in [0.29, 0.717) is 19.3 Å². The van der Waals surface area contributed by atoms with E-state index in [1.165, 1.54) is 205 Å². The molecule has 0 aromatic carbocycles. The molecule has 1 amide bonds. The smallest absolute Gasteiger partial charge is 0.220 e. The number of nitrogens with one attached hydrogen (secondary N) is 1. The second-order valence-electron chi connectivity index (χ2n) is 26.4. The molecule has 0 aliphatic carbocycles. The van der Waals surface area contributed by atoms with E-state index in [9.17, 15) is 61.0 Å². The van der Waals surface area contributed by atoms with Crippen LogP contribution in [0, 0.1) is 0 Å². The van der Waals surface area contributed by atoms with Gasteiger partial charge in [0, 0.05) is 6.42 Å². The van der Waals surface area contributed by atoms with E-state index in [1.807, 2.05) is 0 Å². The van der Waals surface area contributed by atoms with Gasteiger partial charge in [0.1, 0.15) is 73.2 Å². The van der Waals surface area contributed by atoms with Gasteiger partial charge in [0.05, 0.1) is 38.6 Å². The Bertz CT molecular complexity index is 1730. The van der Waals surface area contributed by atoms with Crippen LogP contribution in [0.25, 0.3) is 0 Å². The van der Waals surface area contributed by atoms with Gasteiger partial charge in [-0.3, -0.25) is 4.79 Å². The predicted octanol–water partition coefficient (Wildman–Crippen LogP) is 10.2. The highest BCUT2D eigenvalue weighted by molar-refractivity contribution is 5.76. The van der Waals surface area contributed by atoms with Gasteiger partial charge in [0.25, 0.3) is 0 Å². The summed E-state index contributed by atoms with van der Waals surface area (Å²) in [5, 5.41) is 120. The molecule has 17 unspecified atom stereocenters. The maximum atomic E-state index is 13.2. The van der Waals surface area contributed by atoms with E-state index in [1.54, 1.807) is 0 Å². The number of carbonyl (C=O) groups excluding carboxylic acids is 1. The van der Waals surface area contributed by atoms with Crippen molar-refractivity contribution in [2.75, 3.05) is 26.4 Å². The Kier molecular flexibility index (Phi) is 49.0. The molecule has 3 heterocycles. The quantitative estimate of drug-likeness (QED) is 0.0199. The molecule has 530 valence electrons. The van der Waals surface area contributed by atoms with E-state index >= 15 is 0 Å².